The van der Waals surface area contributed by atoms with Gasteiger partial charge in [0, 0.05) is 31.5 Å². The lowest BCUT2D eigenvalue weighted by atomic mass is 10.1. The number of rotatable bonds is 5. The van der Waals surface area contributed by atoms with Gasteiger partial charge in [-0.1, -0.05) is 0 Å². The monoisotopic (exact) mass is 374 g/mol. The predicted molar refractivity (Wildman–Crippen MR) is 105 cm³/mol. The van der Waals surface area contributed by atoms with E-state index in [4.69, 9.17) is 9.47 Å². The molecule has 1 N–H and O–H groups in total. The van der Waals surface area contributed by atoms with Crippen LogP contribution >= 0.6 is 12.4 Å². The highest BCUT2D eigenvalue weighted by Crippen LogP contribution is 2.51. The van der Waals surface area contributed by atoms with E-state index in [0.29, 0.717) is 17.2 Å². The first-order chi connectivity index (χ1) is 12.1. The van der Waals surface area contributed by atoms with E-state index in [0.717, 1.165) is 11.4 Å². The number of carbonyl (C=O) groups is 1. The number of hydrogen-bond donors (Lipinski definition) is 1. The Bertz CT molecular complexity index is 839. The molecular formula is C19H21ClN3O3+. The zero-order chi connectivity index (χ0) is 17.9. The van der Waals surface area contributed by atoms with Crippen LogP contribution in [-0.4, -0.2) is 25.1 Å². The van der Waals surface area contributed by atoms with Crippen molar-refractivity contribution in [2.45, 2.75) is 6.92 Å². The highest BCUT2D eigenvalue weighted by molar-refractivity contribution is 5.96. The Morgan fingerprint density at radius 3 is 2.23 bits per heavy atom. The molecule has 0 unspecified atom stereocenters. The second kappa shape index (κ2) is 8.03. The quantitative estimate of drug-likeness (QED) is 0.798. The van der Waals surface area contributed by atoms with E-state index in [1.165, 1.54) is 6.92 Å². The van der Waals surface area contributed by atoms with Crippen LogP contribution in [0.25, 0.3) is 0 Å². The summed E-state index contributed by atoms with van der Waals surface area (Å²) in [4.78, 5) is 15.8. The van der Waals surface area contributed by atoms with Crippen molar-refractivity contribution in [2.24, 2.45) is 0 Å². The van der Waals surface area contributed by atoms with Gasteiger partial charge in [0.15, 0.2) is 5.75 Å². The fraction of sp³-hybridized carbons (Fsp3) is 0.158. The third kappa shape index (κ3) is 3.29. The summed E-state index contributed by atoms with van der Waals surface area (Å²) in [7, 11) is 3.18. The van der Waals surface area contributed by atoms with Crippen LogP contribution in [0.4, 0.5) is 17.1 Å². The molecule has 0 bridgehead atoms. The molecule has 2 heterocycles. The van der Waals surface area contributed by atoms with Crippen LogP contribution in [0.2, 0.25) is 0 Å². The van der Waals surface area contributed by atoms with Gasteiger partial charge in [0.05, 0.1) is 14.2 Å². The Balaban J connectivity index is 0.00000243. The summed E-state index contributed by atoms with van der Waals surface area (Å²) in [6.07, 6.45) is 11.4. The Hall–Kier alpha value is -2.83. The summed E-state index contributed by atoms with van der Waals surface area (Å²) in [6.45, 7) is 1.48. The van der Waals surface area contributed by atoms with Crippen LogP contribution in [0.15, 0.2) is 61.2 Å². The number of aromatic nitrogens is 1. The van der Waals surface area contributed by atoms with Crippen LogP contribution in [0.1, 0.15) is 6.92 Å². The Kier molecular flexibility index (Phi) is 6.02. The largest absolute Gasteiger partial charge is 0.493 e. The molecule has 0 radical (unpaired) electrons. The molecule has 3 rings (SSSR count). The molecule has 1 aromatic carbocycles. The van der Waals surface area contributed by atoms with Crippen LogP contribution in [-0.2, 0) is 4.79 Å². The number of allylic oxidation sites excluding steroid dienone is 2. The Morgan fingerprint density at radius 1 is 1.04 bits per heavy atom. The maximum absolute atomic E-state index is 11.7. The third-order valence-corrected chi connectivity index (χ3v) is 4.04. The number of hydrogen-bond acceptors (Lipinski definition) is 4. The maximum atomic E-state index is 11.7. The molecule has 0 spiro atoms. The van der Waals surface area contributed by atoms with E-state index in [1.54, 1.807) is 32.7 Å². The van der Waals surface area contributed by atoms with Gasteiger partial charge in [-0.2, -0.15) is 0 Å². The third-order valence-electron chi connectivity index (χ3n) is 4.04. The Labute approximate surface area is 158 Å². The zero-order valence-corrected chi connectivity index (χ0v) is 15.6. The van der Waals surface area contributed by atoms with Crippen molar-refractivity contribution < 1.29 is 14.3 Å². The lowest BCUT2D eigenvalue weighted by Crippen LogP contribution is -2.32. The van der Waals surface area contributed by atoms with Crippen molar-refractivity contribution >= 4 is 35.4 Å². The normalized spacial score (nSPS) is 13.8. The highest BCUT2D eigenvalue weighted by atomic mass is 35.5. The van der Waals surface area contributed by atoms with Crippen molar-refractivity contribution in [2.75, 3.05) is 19.5 Å². The molecule has 0 atom stereocenters. The number of quaternary nitrogens is 1. The minimum absolute atomic E-state index is 0. The second-order valence-corrected chi connectivity index (χ2v) is 5.54. The highest BCUT2D eigenvalue weighted by Gasteiger charge is 2.39. The summed E-state index contributed by atoms with van der Waals surface area (Å²) in [5.74, 6) is 0.988. The number of pyridine rings is 1. The van der Waals surface area contributed by atoms with Crippen LogP contribution in [0.3, 0.4) is 0 Å². The fourth-order valence-corrected chi connectivity index (χ4v) is 3.03. The van der Waals surface area contributed by atoms with Crippen molar-refractivity contribution in [3.05, 3.63) is 61.2 Å². The SMILES string of the molecule is COc1ccc(NC(C)=O)c([N+]2(c3ccncc3)C=CC=C2)c1OC.Cl. The molecule has 0 aliphatic carbocycles. The number of nitrogens with one attached hydrogen (secondary N) is 1. The van der Waals surface area contributed by atoms with Crippen LogP contribution in [0.5, 0.6) is 11.5 Å². The summed E-state index contributed by atoms with van der Waals surface area (Å²) in [5, 5.41) is 2.90. The van der Waals surface area contributed by atoms with E-state index in [9.17, 15) is 4.79 Å². The maximum Gasteiger partial charge on any atom is 0.226 e. The molecule has 136 valence electrons. The number of halogens is 1. The van der Waals surface area contributed by atoms with Gasteiger partial charge in [-0.05, 0) is 24.3 Å². The average molecular weight is 375 g/mol. The second-order valence-electron chi connectivity index (χ2n) is 5.54. The van der Waals surface area contributed by atoms with E-state index in [-0.39, 0.29) is 22.8 Å². The van der Waals surface area contributed by atoms with E-state index in [1.807, 2.05) is 42.8 Å². The minimum Gasteiger partial charge on any atom is -0.493 e. The summed E-state index contributed by atoms with van der Waals surface area (Å²) in [6, 6.07) is 7.45. The minimum atomic E-state index is -0.159. The van der Waals surface area contributed by atoms with Crippen LogP contribution < -0.4 is 19.3 Å². The topological polar surface area (TPSA) is 60.5 Å². The van der Waals surface area contributed by atoms with Gasteiger partial charge >= 0.3 is 0 Å². The molecule has 7 heteroatoms. The summed E-state index contributed by atoms with van der Waals surface area (Å²) < 4.78 is 11.4. The molecule has 0 saturated carbocycles. The number of ether oxygens (including phenoxy) is 2. The first kappa shape index (κ1) is 19.5. The summed E-state index contributed by atoms with van der Waals surface area (Å²) >= 11 is 0. The number of carbonyl (C=O) groups excluding carboxylic acids is 1. The predicted octanol–water partition coefficient (Wildman–Crippen LogP) is 4.16. The number of benzene rings is 1. The molecule has 1 aromatic heterocycles. The lowest BCUT2D eigenvalue weighted by molar-refractivity contribution is -0.114. The van der Waals surface area contributed by atoms with E-state index < -0.39 is 0 Å². The molecule has 6 nitrogen and oxygen atoms in total. The first-order valence-electron chi connectivity index (χ1n) is 7.81. The van der Waals surface area contributed by atoms with Gasteiger partial charge in [-0.3, -0.25) is 9.78 Å². The van der Waals surface area contributed by atoms with Crippen molar-refractivity contribution in [3.63, 3.8) is 0 Å². The van der Waals surface area contributed by atoms with Gasteiger partial charge in [0.25, 0.3) is 0 Å². The molecule has 0 fully saturated rings. The number of amides is 1. The molecular weight excluding hydrogens is 354 g/mol. The van der Waals surface area contributed by atoms with Crippen molar-refractivity contribution in [3.8, 4) is 11.5 Å². The number of anilines is 1. The van der Waals surface area contributed by atoms with Gasteiger partial charge in [-0.25, -0.2) is 4.48 Å². The summed E-state index contributed by atoms with van der Waals surface area (Å²) in [5.41, 5.74) is 2.37. The average Bonchev–Trinajstić information content (AvgIpc) is 3.12. The van der Waals surface area contributed by atoms with E-state index >= 15 is 0 Å². The van der Waals surface area contributed by atoms with Gasteiger partial charge in [0.2, 0.25) is 17.3 Å². The smallest absolute Gasteiger partial charge is 0.226 e. The molecule has 1 amide bonds. The number of nitrogens with zero attached hydrogens (tertiary/aromatic N) is 2. The molecule has 1 aliphatic rings. The standard InChI is InChI=1S/C19H19N3O3.ClH/c1-14(23)21-16-6-7-17(24-2)19(25-3)18(16)22(12-4-5-13-22)15-8-10-20-11-9-15;/h4-13H,1-3H3;1H/p+1. The van der Waals surface area contributed by atoms with Crippen molar-refractivity contribution in [1.29, 1.82) is 0 Å². The van der Waals surface area contributed by atoms with Gasteiger partial charge in [0.1, 0.15) is 23.8 Å². The molecule has 2 aromatic rings. The molecule has 0 saturated heterocycles. The van der Waals surface area contributed by atoms with Crippen molar-refractivity contribution in [1.82, 2.24) is 9.47 Å². The lowest BCUT2D eigenvalue weighted by Gasteiger charge is -2.31. The molecule has 1 aliphatic heterocycles. The first-order valence-corrected chi connectivity index (χ1v) is 7.81. The zero-order valence-electron chi connectivity index (χ0n) is 14.8. The van der Waals surface area contributed by atoms with E-state index in [2.05, 4.69) is 10.3 Å². The molecule has 26 heavy (non-hydrogen) atoms. The fourth-order valence-electron chi connectivity index (χ4n) is 3.03. The van der Waals surface area contributed by atoms with Crippen LogP contribution in [0, 0.1) is 0 Å². The van der Waals surface area contributed by atoms with Gasteiger partial charge < -0.3 is 14.8 Å². The number of methoxy groups -OCH3 is 2. The van der Waals surface area contributed by atoms with Gasteiger partial charge in [-0.15, -0.1) is 12.4 Å². The Morgan fingerprint density at radius 2 is 1.69 bits per heavy atom.